The quantitative estimate of drug-likeness (QED) is 0.243. The lowest BCUT2D eigenvalue weighted by Gasteiger charge is -2.02. The summed E-state index contributed by atoms with van der Waals surface area (Å²) in [5, 5.41) is 0. The predicted octanol–water partition coefficient (Wildman–Crippen LogP) is 5.21. The maximum atomic E-state index is 12.2. The van der Waals surface area contributed by atoms with Crippen LogP contribution >= 0.6 is 0 Å². The number of benzene rings is 3. The fourth-order valence-corrected chi connectivity index (χ4v) is 2.55. The first kappa shape index (κ1) is 19.8. The molecule has 4 nitrogen and oxygen atoms in total. The lowest BCUT2D eigenvalue weighted by Crippen LogP contribution is -2.03. The van der Waals surface area contributed by atoms with Crippen LogP contribution in [0.15, 0.2) is 91.0 Å². The Labute approximate surface area is 169 Å². The van der Waals surface area contributed by atoms with E-state index >= 15 is 0 Å². The molecular formula is C25H20O4. The van der Waals surface area contributed by atoms with Crippen LogP contribution in [0.1, 0.15) is 21.5 Å². The average molecular weight is 384 g/mol. The summed E-state index contributed by atoms with van der Waals surface area (Å²) in [6, 6.07) is 23.4. The molecule has 0 N–H and O–H groups in total. The molecule has 3 rings (SSSR count). The summed E-state index contributed by atoms with van der Waals surface area (Å²) in [5.74, 6) is 0.585. The Hall–Kier alpha value is -3.92. The van der Waals surface area contributed by atoms with Gasteiger partial charge in [0.25, 0.3) is 0 Å². The molecule has 0 aliphatic carbocycles. The summed E-state index contributed by atoms with van der Waals surface area (Å²) in [7, 11) is 1.58. The van der Waals surface area contributed by atoms with Crippen molar-refractivity contribution in [2.75, 3.05) is 7.11 Å². The zero-order valence-corrected chi connectivity index (χ0v) is 15.9. The Morgan fingerprint density at radius 1 is 0.690 bits per heavy atom. The van der Waals surface area contributed by atoms with Gasteiger partial charge in [-0.25, -0.2) is 4.79 Å². The zero-order valence-electron chi connectivity index (χ0n) is 15.9. The molecule has 144 valence electrons. The molecule has 0 unspecified atom stereocenters. The fraction of sp³-hybridized carbons (Fsp3) is 0.0400. The largest absolute Gasteiger partial charge is 0.497 e. The predicted molar refractivity (Wildman–Crippen MR) is 114 cm³/mol. The Morgan fingerprint density at radius 2 is 1.28 bits per heavy atom. The van der Waals surface area contributed by atoms with E-state index in [2.05, 4.69) is 0 Å². The van der Waals surface area contributed by atoms with Crippen molar-refractivity contribution < 1.29 is 19.1 Å². The van der Waals surface area contributed by atoms with Crippen LogP contribution in [0.4, 0.5) is 0 Å². The summed E-state index contributed by atoms with van der Waals surface area (Å²) in [4.78, 5) is 24.1. The molecule has 3 aromatic carbocycles. The molecule has 3 aromatic rings. The van der Waals surface area contributed by atoms with Crippen molar-refractivity contribution in [2.45, 2.75) is 0 Å². The number of allylic oxidation sites excluding steroid dienone is 1. The first-order valence-corrected chi connectivity index (χ1v) is 9.05. The molecule has 4 heteroatoms. The van der Waals surface area contributed by atoms with E-state index in [9.17, 15) is 9.59 Å². The first-order chi connectivity index (χ1) is 14.1. The number of rotatable bonds is 7. The van der Waals surface area contributed by atoms with Crippen LogP contribution in [0.3, 0.4) is 0 Å². The number of ketones is 1. The highest BCUT2D eigenvalue weighted by Gasteiger charge is 2.03. The van der Waals surface area contributed by atoms with Crippen molar-refractivity contribution >= 4 is 23.9 Å². The van der Waals surface area contributed by atoms with Crippen LogP contribution in [0.25, 0.3) is 12.2 Å². The van der Waals surface area contributed by atoms with E-state index in [1.807, 2.05) is 30.3 Å². The van der Waals surface area contributed by atoms with E-state index in [4.69, 9.17) is 9.47 Å². The van der Waals surface area contributed by atoms with Gasteiger partial charge < -0.3 is 9.47 Å². The smallest absolute Gasteiger partial charge is 0.336 e. The lowest BCUT2D eigenvalue weighted by molar-refractivity contribution is -0.128. The number of carbonyl (C=O) groups is 2. The summed E-state index contributed by atoms with van der Waals surface area (Å²) < 4.78 is 10.4. The lowest BCUT2D eigenvalue weighted by atomic mass is 10.1. The Kier molecular flexibility index (Phi) is 6.74. The van der Waals surface area contributed by atoms with Gasteiger partial charge >= 0.3 is 5.97 Å². The maximum absolute atomic E-state index is 12.2. The molecule has 0 spiro atoms. The highest BCUT2D eigenvalue weighted by atomic mass is 16.5. The van der Waals surface area contributed by atoms with Gasteiger partial charge in [-0.05, 0) is 59.7 Å². The molecule has 0 amide bonds. The van der Waals surface area contributed by atoms with Gasteiger partial charge in [-0.2, -0.15) is 0 Å². The maximum Gasteiger partial charge on any atom is 0.336 e. The van der Waals surface area contributed by atoms with Crippen LogP contribution in [0, 0.1) is 0 Å². The monoisotopic (exact) mass is 384 g/mol. The van der Waals surface area contributed by atoms with Gasteiger partial charge in [0.05, 0.1) is 7.11 Å². The minimum absolute atomic E-state index is 0.103. The number of methoxy groups -OCH3 is 1. The van der Waals surface area contributed by atoms with E-state index in [0.29, 0.717) is 17.1 Å². The normalized spacial score (nSPS) is 10.9. The molecule has 0 radical (unpaired) electrons. The highest BCUT2D eigenvalue weighted by molar-refractivity contribution is 6.06. The number of ether oxygens (including phenoxy) is 2. The van der Waals surface area contributed by atoms with Crippen molar-refractivity contribution in [3.05, 3.63) is 108 Å². The zero-order chi connectivity index (χ0) is 20.5. The van der Waals surface area contributed by atoms with Crippen LogP contribution in [0.5, 0.6) is 11.5 Å². The van der Waals surface area contributed by atoms with Crippen LogP contribution in [0.2, 0.25) is 0 Å². The molecule has 0 heterocycles. The second-order valence-corrected chi connectivity index (χ2v) is 6.16. The Bertz CT molecular complexity index is 1010. The number of hydrogen-bond donors (Lipinski definition) is 0. The number of carbonyl (C=O) groups excluding carboxylic acids is 2. The molecule has 29 heavy (non-hydrogen) atoms. The van der Waals surface area contributed by atoms with E-state index < -0.39 is 5.97 Å². The molecule has 0 bridgehead atoms. The molecule has 0 saturated heterocycles. The Balaban J connectivity index is 1.56. The SMILES string of the molecule is COc1ccc(C(=O)C=Cc2ccc(OC(=O)C=Cc3ccccc3)cc2)cc1. The van der Waals surface area contributed by atoms with Crippen LogP contribution in [-0.2, 0) is 4.79 Å². The third-order valence-corrected chi connectivity index (χ3v) is 4.11. The summed E-state index contributed by atoms with van der Waals surface area (Å²) in [6.45, 7) is 0. The van der Waals surface area contributed by atoms with Gasteiger partial charge in [-0.3, -0.25) is 4.79 Å². The Morgan fingerprint density at radius 3 is 1.93 bits per heavy atom. The average Bonchev–Trinajstić information content (AvgIpc) is 2.78. The van der Waals surface area contributed by atoms with E-state index in [1.54, 1.807) is 67.8 Å². The molecular weight excluding hydrogens is 364 g/mol. The fourth-order valence-electron chi connectivity index (χ4n) is 2.55. The van der Waals surface area contributed by atoms with Gasteiger partial charge in [-0.15, -0.1) is 0 Å². The standard InChI is InChI=1S/C25H20O4/c1-28-22-15-11-21(12-16-22)24(26)17-9-20-7-13-23(14-8-20)29-25(27)18-10-19-5-3-2-4-6-19/h2-18H,1H3. The van der Waals surface area contributed by atoms with Gasteiger partial charge in [0.2, 0.25) is 0 Å². The second-order valence-electron chi connectivity index (χ2n) is 6.16. The van der Waals surface area contributed by atoms with Crippen molar-refractivity contribution in [1.82, 2.24) is 0 Å². The molecule has 0 atom stereocenters. The van der Waals surface area contributed by atoms with Crippen LogP contribution < -0.4 is 9.47 Å². The molecule has 0 saturated carbocycles. The number of esters is 1. The summed E-state index contributed by atoms with van der Waals surface area (Å²) in [6.07, 6.45) is 6.31. The van der Waals surface area contributed by atoms with E-state index in [-0.39, 0.29) is 5.78 Å². The summed E-state index contributed by atoms with van der Waals surface area (Å²) in [5.41, 5.74) is 2.33. The minimum Gasteiger partial charge on any atom is -0.497 e. The van der Waals surface area contributed by atoms with Gasteiger partial charge in [0.1, 0.15) is 11.5 Å². The highest BCUT2D eigenvalue weighted by Crippen LogP contribution is 2.15. The molecule has 0 aliphatic heterocycles. The van der Waals surface area contributed by atoms with Gasteiger partial charge in [0.15, 0.2) is 5.78 Å². The van der Waals surface area contributed by atoms with Crippen LogP contribution in [-0.4, -0.2) is 18.9 Å². The molecule has 0 fully saturated rings. The van der Waals surface area contributed by atoms with E-state index in [0.717, 1.165) is 11.1 Å². The molecule has 0 aliphatic rings. The van der Waals surface area contributed by atoms with Crippen molar-refractivity contribution in [2.24, 2.45) is 0 Å². The topological polar surface area (TPSA) is 52.6 Å². The third kappa shape index (κ3) is 6.04. The number of hydrogen-bond acceptors (Lipinski definition) is 4. The van der Waals surface area contributed by atoms with Gasteiger partial charge in [0, 0.05) is 11.6 Å². The van der Waals surface area contributed by atoms with Crippen molar-refractivity contribution in [3.63, 3.8) is 0 Å². The second kappa shape index (κ2) is 9.85. The van der Waals surface area contributed by atoms with Crippen molar-refractivity contribution in [1.29, 1.82) is 0 Å². The molecule has 0 aromatic heterocycles. The van der Waals surface area contributed by atoms with Gasteiger partial charge in [-0.1, -0.05) is 48.5 Å². The summed E-state index contributed by atoms with van der Waals surface area (Å²) >= 11 is 0. The van der Waals surface area contributed by atoms with E-state index in [1.165, 1.54) is 12.2 Å². The van der Waals surface area contributed by atoms with Crippen molar-refractivity contribution in [3.8, 4) is 11.5 Å². The third-order valence-electron chi connectivity index (χ3n) is 4.11. The minimum atomic E-state index is -0.452. The first-order valence-electron chi connectivity index (χ1n) is 9.05.